The molecular formula is C13H28N2O. The molecule has 0 spiro atoms. The van der Waals surface area contributed by atoms with E-state index in [9.17, 15) is 5.11 Å². The van der Waals surface area contributed by atoms with Gasteiger partial charge in [-0.3, -0.25) is 0 Å². The Kier molecular flexibility index (Phi) is 5.73. The predicted molar refractivity (Wildman–Crippen MR) is 68.4 cm³/mol. The maximum Gasteiger partial charge on any atom is 0.0611 e. The van der Waals surface area contributed by atoms with E-state index in [-0.39, 0.29) is 12.1 Å². The number of hydrogen-bond acceptors (Lipinski definition) is 3. The topological polar surface area (TPSA) is 49.5 Å². The van der Waals surface area contributed by atoms with Gasteiger partial charge in [0.25, 0.3) is 0 Å². The Hall–Kier alpha value is -0.120. The number of hydrogen-bond donors (Lipinski definition) is 2. The molecule has 0 aromatic heterocycles. The van der Waals surface area contributed by atoms with Crippen LogP contribution in [0.2, 0.25) is 0 Å². The Bertz CT molecular complexity index is 192. The van der Waals surface area contributed by atoms with E-state index in [1.165, 1.54) is 25.8 Å². The molecule has 2 unspecified atom stereocenters. The number of nitrogens with zero attached hydrogens (tertiary/aromatic N) is 1. The fourth-order valence-corrected chi connectivity index (χ4v) is 2.49. The second-order valence-corrected chi connectivity index (χ2v) is 5.36. The van der Waals surface area contributed by atoms with Gasteiger partial charge in [0.15, 0.2) is 0 Å². The van der Waals surface area contributed by atoms with Crippen molar-refractivity contribution in [2.75, 3.05) is 19.7 Å². The summed E-state index contributed by atoms with van der Waals surface area (Å²) in [6.07, 6.45) is 6.95. The normalized spacial score (nSPS) is 26.6. The Morgan fingerprint density at radius 3 is 2.75 bits per heavy atom. The zero-order valence-corrected chi connectivity index (χ0v) is 10.9. The van der Waals surface area contributed by atoms with Crippen LogP contribution in [0.25, 0.3) is 0 Å². The minimum absolute atomic E-state index is 0.110. The van der Waals surface area contributed by atoms with Crippen molar-refractivity contribution < 1.29 is 5.11 Å². The molecule has 96 valence electrons. The van der Waals surface area contributed by atoms with Crippen molar-refractivity contribution in [2.24, 2.45) is 5.73 Å². The number of piperidine rings is 1. The van der Waals surface area contributed by atoms with E-state index in [4.69, 9.17) is 5.73 Å². The van der Waals surface area contributed by atoms with Gasteiger partial charge in [-0.1, -0.05) is 13.3 Å². The highest BCUT2D eigenvalue weighted by Crippen LogP contribution is 2.19. The Morgan fingerprint density at radius 2 is 2.19 bits per heavy atom. The molecule has 1 aliphatic heterocycles. The molecule has 0 bridgehead atoms. The van der Waals surface area contributed by atoms with Crippen molar-refractivity contribution in [1.29, 1.82) is 0 Å². The molecule has 3 N–H and O–H groups in total. The van der Waals surface area contributed by atoms with E-state index in [1.807, 2.05) is 0 Å². The van der Waals surface area contributed by atoms with Crippen molar-refractivity contribution in [3.63, 3.8) is 0 Å². The zero-order valence-electron chi connectivity index (χ0n) is 10.9. The first-order chi connectivity index (χ1) is 7.61. The largest absolute Gasteiger partial charge is 0.394 e. The quantitative estimate of drug-likeness (QED) is 0.728. The number of aliphatic hydroxyl groups is 1. The van der Waals surface area contributed by atoms with E-state index in [0.717, 1.165) is 31.8 Å². The maximum atomic E-state index is 9.24. The van der Waals surface area contributed by atoms with Crippen LogP contribution in [0.15, 0.2) is 0 Å². The third-order valence-electron chi connectivity index (χ3n) is 4.08. The molecular weight excluding hydrogens is 200 g/mol. The third-order valence-corrected chi connectivity index (χ3v) is 4.08. The van der Waals surface area contributed by atoms with Crippen molar-refractivity contribution >= 4 is 0 Å². The first-order valence-electron chi connectivity index (χ1n) is 6.75. The summed E-state index contributed by atoms with van der Waals surface area (Å²) in [5.74, 6) is 0. The molecule has 0 saturated carbocycles. The molecule has 0 aromatic rings. The van der Waals surface area contributed by atoms with Crippen LogP contribution in [0.3, 0.4) is 0 Å². The highest BCUT2D eigenvalue weighted by molar-refractivity contribution is 4.82. The van der Waals surface area contributed by atoms with Gasteiger partial charge in [0, 0.05) is 11.6 Å². The first-order valence-corrected chi connectivity index (χ1v) is 6.75. The van der Waals surface area contributed by atoms with Crippen LogP contribution in [-0.2, 0) is 0 Å². The van der Waals surface area contributed by atoms with Crippen molar-refractivity contribution in [3.8, 4) is 0 Å². The van der Waals surface area contributed by atoms with Crippen LogP contribution < -0.4 is 5.73 Å². The molecule has 1 fully saturated rings. The summed E-state index contributed by atoms with van der Waals surface area (Å²) in [5, 5.41) is 9.24. The fraction of sp³-hybridized carbons (Fsp3) is 1.00. The molecule has 2 atom stereocenters. The molecule has 0 aliphatic carbocycles. The molecule has 0 amide bonds. The summed E-state index contributed by atoms with van der Waals surface area (Å²) < 4.78 is 0. The number of rotatable bonds is 6. The minimum Gasteiger partial charge on any atom is -0.394 e. The maximum absolute atomic E-state index is 9.24. The van der Waals surface area contributed by atoms with E-state index in [1.54, 1.807) is 0 Å². The van der Waals surface area contributed by atoms with Gasteiger partial charge in [0.05, 0.1) is 6.61 Å². The number of nitrogens with two attached hydrogens (primary N) is 1. The Balaban J connectivity index is 2.23. The van der Waals surface area contributed by atoms with E-state index < -0.39 is 0 Å². The van der Waals surface area contributed by atoms with Gasteiger partial charge >= 0.3 is 0 Å². The van der Waals surface area contributed by atoms with E-state index in [2.05, 4.69) is 18.7 Å². The van der Waals surface area contributed by atoms with Crippen LogP contribution in [0.1, 0.15) is 52.4 Å². The first kappa shape index (κ1) is 13.9. The Morgan fingerprint density at radius 1 is 1.44 bits per heavy atom. The predicted octanol–water partition coefficient (Wildman–Crippen LogP) is 1.74. The van der Waals surface area contributed by atoms with Crippen LogP contribution in [0.4, 0.5) is 0 Å². The van der Waals surface area contributed by atoms with Crippen LogP contribution in [0, 0.1) is 0 Å². The van der Waals surface area contributed by atoms with Gasteiger partial charge in [0.2, 0.25) is 0 Å². The van der Waals surface area contributed by atoms with Crippen molar-refractivity contribution in [3.05, 3.63) is 0 Å². The lowest BCUT2D eigenvalue weighted by molar-refractivity contribution is 0.140. The van der Waals surface area contributed by atoms with Gasteiger partial charge in [-0.05, 0) is 52.1 Å². The lowest BCUT2D eigenvalue weighted by Gasteiger charge is -2.34. The molecule has 3 heteroatoms. The molecule has 1 rings (SSSR count). The lowest BCUT2D eigenvalue weighted by Crippen LogP contribution is -2.44. The summed E-state index contributed by atoms with van der Waals surface area (Å²) in [5.41, 5.74) is 5.73. The van der Waals surface area contributed by atoms with Gasteiger partial charge in [-0.15, -0.1) is 0 Å². The Labute approximate surface area is 100 Å². The lowest BCUT2D eigenvalue weighted by atomic mass is 9.92. The van der Waals surface area contributed by atoms with Gasteiger partial charge in [-0.25, -0.2) is 0 Å². The molecule has 1 heterocycles. The SMILES string of the molecule is CCC(N)(CO)CCCN1CCCCC1C. The molecule has 1 saturated heterocycles. The summed E-state index contributed by atoms with van der Waals surface area (Å²) in [6, 6.07) is 0.733. The zero-order chi connectivity index (χ0) is 12.0. The van der Waals surface area contributed by atoms with Crippen LogP contribution >= 0.6 is 0 Å². The average molecular weight is 228 g/mol. The average Bonchev–Trinajstić information content (AvgIpc) is 2.31. The van der Waals surface area contributed by atoms with Gasteiger partial charge in [0.1, 0.15) is 0 Å². The highest BCUT2D eigenvalue weighted by atomic mass is 16.3. The summed E-state index contributed by atoms with van der Waals surface area (Å²) >= 11 is 0. The monoisotopic (exact) mass is 228 g/mol. The third kappa shape index (κ3) is 4.04. The second-order valence-electron chi connectivity index (χ2n) is 5.36. The minimum atomic E-state index is -0.348. The number of likely N-dealkylation sites (tertiary alicyclic amines) is 1. The molecule has 0 aromatic carbocycles. The molecule has 16 heavy (non-hydrogen) atoms. The van der Waals surface area contributed by atoms with Gasteiger partial charge < -0.3 is 15.7 Å². The number of aliphatic hydroxyl groups excluding tert-OH is 1. The van der Waals surface area contributed by atoms with Crippen molar-refractivity contribution in [1.82, 2.24) is 4.90 Å². The highest BCUT2D eigenvalue weighted by Gasteiger charge is 2.23. The summed E-state index contributed by atoms with van der Waals surface area (Å²) in [7, 11) is 0. The van der Waals surface area contributed by atoms with Gasteiger partial charge in [-0.2, -0.15) is 0 Å². The standard InChI is InChI=1S/C13H28N2O/c1-3-13(14,11-16)8-6-10-15-9-5-4-7-12(15)2/h12,16H,3-11,14H2,1-2H3. The van der Waals surface area contributed by atoms with E-state index >= 15 is 0 Å². The van der Waals surface area contributed by atoms with Crippen LogP contribution in [-0.4, -0.2) is 41.3 Å². The smallest absolute Gasteiger partial charge is 0.0611 e. The summed E-state index contributed by atoms with van der Waals surface area (Å²) in [4.78, 5) is 2.57. The molecule has 3 nitrogen and oxygen atoms in total. The van der Waals surface area contributed by atoms with Crippen LogP contribution in [0.5, 0.6) is 0 Å². The molecule has 1 aliphatic rings. The summed E-state index contributed by atoms with van der Waals surface area (Å²) in [6.45, 7) is 6.86. The fourth-order valence-electron chi connectivity index (χ4n) is 2.49. The second kappa shape index (κ2) is 6.58. The van der Waals surface area contributed by atoms with Crippen molar-refractivity contribution in [2.45, 2.75) is 64.0 Å². The van der Waals surface area contributed by atoms with E-state index in [0.29, 0.717) is 0 Å². The molecule has 0 radical (unpaired) electrons.